The van der Waals surface area contributed by atoms with Crippen molar-refractivity contribution in [2.45, 2.75) is 44.7 Å². The van der Waals surface area contributed by atoms with Gasteiger partial charge < -0.3 is 10.1 Å². The van der Waals surface area contributed by atoms with E-state index in [0.717, 1.165) is 25.0 Å². The summed E-state index contributed by atoms with van der Waals surface area (Å²) in [4.78, 5) is 44.2. The summed E-state index contributed by atoms with van der Waals surface area (Å²) >= 11 is 5.92. The summed E-state index contributed by atoms with van der Waals surface area (Å²) in [6, 6.07) is 6.60. The number of imidazole rings is 1. The van der Waals surface area contributed by atoms with E-state index in [1.165, 1.54) is 15.8 Å². The van der Waals surface area contributed by atoms with Crippen molar-refractivity contribution in [2.24, 2.45) is 0 Å². The zero-order valence-electron chi connectivity index (χ0n) is 18.2. The molecule has 0 unspecified atom stereocenters. The number of aryl methyl sites for hydroxylation is 1. The number of nitrogens with one attached hydrogen (secondary N) is 1. The number of carbonyl (C=O) groups excluding carboxylic acids is 2. The van der Waals surface area contributed by atoms with Gasteiger partial charge in [-0.15, -0.1) is 0 Å². The van der Waals surface area contributed by atoms with Crippen molar-refractivity contribution in [2.75, 3.05) is 16.8 Å². The summed E-state index contributed by atoms with van der Waals surface area (Å²) in [5.41, 5.74) is 0.755. The predicted octanol–water partition coefficient (Wildman–Crippen LogP) is 3.55. The summed E-state index contributed by atoms with van der Waals surface area (Å²) in [5.74, 6) is 0.899. The van der Waals surface area contributed by atoms with E-state index in [4.69, 9.17) is 16.3 Å². The number of carbonyl (C=O) groups is 2. The molecule has 1 saturated carbocycles. The van der Waals surface area contributed by atoms with Crippen molar-refractivity contribution in [1.82, 2.24) is 24.5 Å². The third-order valence-electron chi connectivity index (χ3n) is 5.88. The molecule has 11 heteroatoms. The van der Waals surface area contributed by atoms with E-state index in [1.807, 2.05) is 6.92 Å². The maximum atomic E-state index is 12.8. The van der Waals surface area contributed by atoms with Crippen LogP contribution >= 0.6 is 11.6 Å². The Morgan fingerprint density at radius 2 is 2.00 bits per heavy atom. The van der Waals surface area contributed by atoms with Crippen molar-refractivity contribution in [3.05, 3.63) is 58.9 Å². The quantitative estimate of drug-likeness (QED) is 0.585. The molecule has 3 heterocycles. The molecule has 1 aromatic carbocycles. The van der Waals surface area contributed by atoms with Crippen LogP contribution in [0, 0.1) is 6.92 Å². The Morgan fingerprint density at radius 1 is 1.24 bits per heavy atom. The van der Waals surface area contributed by atoms with Gasteiger partial charge in [0.15, 0.2) is 0 Å². The smallest absolute Gasteiger partial charge is 0.417 e. The van der Waals surface area contributed by atoms with E-state index in [0.29, 0.717) is 29.0 Å². The van der Waals surface area contributed by atoms with Crippen LogP contribution in [-0.2, 0) is 10.3 Å². The zero-order valence-corrected chi connectivity index (χ0v) is 18.9. The van der Waals surface area contributed by atoms with E-state index < -0.39 is 11.6 Å². The van der Waals surface area contributed by atoms with Crippen LogP contribution in [0.2, 0.25) is 5.02 Å². The molecule has 1 aliphatic heterocycles. The summed E-state index contributed by atoms with van der Waals surface area (Å²) in [6.45, 7) is 4.04. The average Bonchev–Trinajstić information content (AvgIpc) is 3.22. The molecule has 33 heavy (non-hydrogen) atoms. The molecular formula is C22H22ClN7O3. The van der Waals surface area contributed by atoms with Crippen molar-refractivity contribution < 1.29 is 14.3 Å². The Labute approximate surface area is 195 Å². The minimum atomic E-state index is -0.480. The molecule has 170 valence electrons. The largest absolute Gasteiger partial charge is 0.447 e. The van der Waals surface area contributed by atoms with Gasteiger partial charge in [0, 0.05) is 16.8 Å². The van der Waals surface area contributed by atoms with Crippen LogP contribution < -0.4 is 10.2 Å². The summed E-state index contributed by atoms with van der Waals surface area (Å²) in [7, 11) is 0. The first kappa shape index (κ1) is 21.3. The molecule has 2 fully saturated rings. The summed E-state index contributed by atoms with van der Waals surface area (Å²) in [6.07, 6.45) is 5.10. The fourth-order valence-electron chi connectivity index (χ4n) is 3.84. The van der Waals surface area contributed by atoms with E-state index >= 15 is 0 Å². The lowest BCUT2D eigenvalue weighted by Gasteiger charge is -2.20. The van der Waals surface area contributed by atoms with E-state index in [2.05, 4.69) is 25.3 Å². The Kier molecular flexibility index (Phi) is 5.24. The molecule has 1 amide bonds. The lowest BCUT2D eigenvalue weighted by molar-refractivity contribution is 0.0959. The van der Waals surface area contributed by atoms with Gasteiger partial charge in [-0.05, 0) is 50.5 Å². The molecule has 1 saturated heterocycles. The van der Waals surface area contributed by atoms with Crippen LogP contribution in [0.1, 0.15) is 48.1 Å². The van der Waals surface area contributed by atoms with Crippen molar-refractivity contribution in [1.29, 1.82) is 0 Å². The molecule has 0 spiro atoms. The van der Waals surface area contributed by atoms with E-state index in [9.17, 15) is 9.59 Å². The van der Waals surface area contributed by atoms with Gasteiger partial charge in [0.25, 0.3) is 5.91 Å². The fraction of sp³-hybridized carbons (Fsp3) is 0.364. The van der Waals surface area contributed by atoms with E-state index in [-0.39, 0.29) is 17.9 Å². The Bertz CT molecular complexity index is 1220. The normalized spacial score (nSPS) is 18.8. The third kappa shape index (κ3) is 4.02. The number of rotatable bonds is 6. The molecule has 1 N–H and O–H groups in total. The number of benzene rings is 1. The second kappa shape index (κ2) is 8.11. The minimum absolute atomic E-state index is 0.114. The second-order valence-electron chi connectivity index (χ2n) is 8.20. The lowest BCUT2D eigenvalue weighted by Crippen LogP contribution is -2.35. The highest BCUT2D eigenvalue weighted by atomic mass is 35.5. The Balaban J connectivity index is 1.38. The second-order valence-corrected chi connectivity index (χ2v) is 8.64. The molecule has 0 radical (unpaired) electrons. The number of hydrogen-bond acceptors (Lipinski definition) is 8. The first-order valence-electron chi connectivity index (χ1n) is 10.7. The van der Waals surface area contributed by atoms with Crippen molar-refractivity contribution in [3.63, 3.8) is 0 Å². The first-order chi connectivity index (χ1) is 15.9. The summed E-state index contributed by atoms with van der Waals surface area (Å²) < 4.78 is 6.62. The number of anilines is 2. The highest BCUT2D eigenvalue weighted by Crippen LogP contribution is 2.47. The highest BCUT2D eigenvalue weighted by molar-refractivity contribution is 6.30. The average molecular weight is 468 g/mol. The number of cyclic esters (lactones) is 1. The van der Waals surface area contributed by atoms with Crippen molar-refractivity contribution in [3.8, 4) is 0 Å². The van der Waals surface area contributed by atoms with Gasteiger partial charge in [-0.2, -0.15) is 15.0 Å². The molecule has 0 bridgehead atoms. The van der Waals surface area contributed by atoms with Gasteiger partial charge in [-0.25, -0.2) is 14.7 Å². The topological polar surface area (TPSA) is 115 Å². The Morgan fingerprint density at radius 3 is 2.70 bits per heavy atom. The zero-order chi connectivity index (χ0) is 23.2. The van der Waals surface area contributed by atoms with E-state index in [1.54, 1.807) is 37.4 Å². The Hall–Kier alpha value is -3.53. The molecule has 1 aliphatic carbocycles. The molecular weight excluding hydrogens is 446 g/mol. The van der Waals surface area contributed by atoms with Gasteiger partial charge in [0.2, 0.25) is 11.9 Å². The van der Waals surface area contributed by atoms with Crippen molar-refractivity contribution >= 4 is 35.5 Å². The SMILES string of the molecule is CC[C@H]1COC(=O)N1c1nc(C)nc(NC2(c3cn(C(=O)c4ccc(Cl)cc4)cn3)CC2)n1. The first-order valence-corrected chi connectivity index (χ1v) is 11.1. The molecule has 1 atom stereocenters. The summed E-state index contributed by atoms with van der Waals surface area (Å²) in [5, 5.41) is 3.92. The number of halogens is 1. The molecule has 10 nitrogen and oxygen atoms in total. The number of hydrogen-bond donors (Lipinski definition) is 1. The molecule has 3 aromatic rings. The maximum Gasteiger partial charge on any atom is 0.417 e. The minimum Gasteiger partial charge on any atom is -0.447 e. The van der Waals surface area contributed by atoms with Gasteiger partial charge in [0.1, 0.15) is 18.8 Å². The van der Waals surface area contributed by atoms with Crippen LogP contribution in [0.4, 0.5) is 16.7 Å². The number of ether oxygens (including phenoxy) is 1. The molecule has 2 aliphatic rings. The van der Waals surface area contributed by atoms with Crippen LogP contribution in [0.3, 0.4) is 0 Å². The maximum absolute atomic E-state index is 12.8. The third-order valence-corrected chi connectivity index (χ3v) is 6.13. The number of nitrogens with zero attached hydrogens (tertiary/aromatic N) is 6. The molecule has 5 rings (SSSR count). The standard InChI is InChI=1S/C22H22ClN7O3/c1-3-16-11-33-21(32)30(16)20-26-13(2)25-19(27-20)28-22(8-9-22)17-10-29(12-24-17)18(31)14-4-6-15(23)7-5-14/h4-7,10,12,16H,3,8-9,11H2,1-2H3,(H,25,26,27,28)/t16-/m0/s1. The van der Waals surface area contributed by atoms with Crippen LogP contribution in [0.15, 0.2) is 36.8 Å². The number of amides is 1. The van der Waals surface area contributed by atoms with Gasteiger partial charge in [-0.3, -0.25) is 9.36 Å². The predicted molar refractivity (Wildman–Crippen MR) is 120 cm³/mol. The van der Waals surface area contributed by atoms with Crippen LogP contribution in [0.25, 0.3) is 0 Å². The van der Waals surface area contributed by atoms with Crippen LogP contribution in [-0.4, -0.2) is 49.2 Å². The molecule has 2 aromatic heterocycles. The monoisotopic (exact) mass is 467 g/mol. The van der Waals surface area contributed by atoms with Gasteiger partial charge in [0.05, 0.1) is 17.3 Å². The number of aromatic nitrogens is 5. The fourth-order valence-corrected chi connectivity index (χ4v) is 3.97. The highest BCUT2D eigenvalue weighted by Gasteiger charge is 2.47. The van der Waals surface area contributed by atoms with Crippen LogP contribution in [0.5, 0.6) is 0 Å². The lowest BCUT2D eigenvalue weighted by atomic mass is 10.2. The van der Waals surface area contributed by atoms with Gasteiger partial charge >= 0.3 is 6.09 Å². The van der Waals surface area contributed by atoms with Gasteiger partial charge in [-0.1, -0.05) is 18.5 Å².